The number of benzene rings is 1. The van der Waals surface area contributed by atoms with E-state index in [0.717, 1.165) is 29.1 Å². The second-order valence-electron chi connectivity index (χ2n) is 3.69. The van der Waals surface area contributed by atoms with Gasteiger partial charge in [0.2, 0.25) is 0 Å². The van der Waals surface area contributed by atoms with Crippen molar-refractivity contribution < 1.29 is 4.74 Å². The summed E-state index contributed by atoms with van der Waals surface area (Å²) < 4.78 is 5.31. The normalized spacial score (nSPS) is 10.2. The van der Waals surface area contributed by atoms with Crippen LogP contribution in [0.1, 0.15) is 17.0 Å². The maximum atomic E-state index is 5.55. The molecule has 0 fully saturated rings. The van der Waals surface area contributed by atoms with Crippen molar-refractivity contribution in [3.63, 3.8) is 0 Å². The lowest BCUT2D eigenvalue weighted by Gasteiger charge is -2.07. The number of hydrogen-bond acceptors (Lipinski definition) is 4. The first-order valence-corrected chi connectivity index (χ1v) is 5.45. The molecule has 0 unspecified atom stereocenters. The van der Waals surface area contributed by atoms with E-state index in [2.05, 4.69) is 9.97 Å². The van der Waals surface area contributed by atoms with E-state index >= 15 is 0 Å². The van der Waals surface area contributed by atoms with Crippen LogP contribution in [0.15, 0.2) is 36.7 Å². The standard InChI is InChI=1S/C13H15N3O/c1-17-13-5-3-2-4-10(13)6-11-7-12(8-14)16-9-15-11/h2-5,7,9H,6,8,14H2,1H3. The van der Waals surface area contributed by atoms with Crippen molar-refractivity contribution in [2.24, 2.45) is 5.73 Å². The number of nitrogens with two attached hydrogens (primary N) is 1. The Kier molecular flexibility index (Phi) is 3.67. The third kappa shape index (κ3) is 2.79. The SMILES string of the molecule is COc1ccccc1Cc1cc(CN)ncn1. The average molecular weight is 229 g/mol. The lowest BCUT2D eigenvalue weighted by atomic mass is 10.1. The van der Waals surface area contributed by atoms with Crippen molar-refractivity contribution in [1.82, 2.24) is 9.97 Å². The third-order valence-electron chi connectivity index (χ3n) is 2.55. The highest BCUT2D eigenvalue weighted by atomic mass is 16.5. The Hall–Kier alpha value is -1.94. The van der Waals surface area contributed by atoms with Crippen LogP contribution in [0.4, 0.5) is 0 Å². The monoisotopic (exact) mass is 229 g/mol. The predicted octanol–water partition coefficient (Wildman–Crippen LogP) is 1.53. The molecule has 0 aliphatic heterocycles. The van der Waals surface area contributed by atoms with Crippen LogP contribution in [0.25, 0.3) is 0 Å². The van der Waals surface area contributed by atoms with Crippen molar-refractivity contribution in [3.8, 4) is 5.75 Å². The number of methoxy groups -OCH3 is 1. The van der Waals surface area contributed by atoms with Crippen LogP contribution in [0.5, 0.6) is 5.75 Å². The Bertz CT molecular complexity index is 500. The van der Waals surface area contributed by atoms with Crippen molar-refractivity contribution in [1.29, 1.82) is 0 Å². The second-order valence-corrected chi connectivity index (χ2v) is 3.69. The van der Waals surface area contributed by atoms with Gasteiger partial charge in [-0.1, -0.05) is 18.2 Å². The average Bonchev–Trinajstić information content (AvgIpc) is 2.39. The zero-order chi connectivity index (χ0) is 12.1. The molecule has 0 saturated heterocycles. The highest BCUT2D eigenvalue weighted by Crippen LogP contribution is 2.20. The number of para-hydroxylation sites is 1. The molecular weight excluding hydrogens is 214 g/mol. The molecule has 0 atom stereocenters. The first-order chi connectivity index (χ1) is 8.33. The summed E-state index contributed by atoms with van der Waals surface area (Å²) in [6.07, 6.45) is 2.27. The van der Waals surface area contributed by atoms with E-state index in [1.807, 2.05) is 30.3 Å². The zero-order valence-electron chi connectivity index (χ0n) is 9.76. The lowest BCUT2D eigenvalue weighted by Crippen LogP contribution is -2.03. The van der Waals surface area contributed by atoms with Crippen LogP contribution >= 0.6 is 0 Å². The van der Waals surface area contributed by atoms with Gasteiger partial charge in [-0.3, -0.25) is 0 Å². The van der Waals surface area contributed by atoms with Crippen LogP contribution in [-0.4, -0.2) is 17.1 Å². The third-order valence-corrected chi connectivity index (χ3v) is 2.55. The Balaban J connectivity index is 2.24. The minimum Gasteiger partial charge on any atom is -0.496 e. The summed E-state index contributed by atoms with van der Waals surface area (Å²) in [6.45, 7) is 0.432. The molecule has 17 heavy (non-hydrogen) atoms. The van der Waals surface area contributed by atoms with Crippen molar-refractivity contribution in [2.45, 2.75) is 13.0 Å². The van der Waals surface area contributed by atoms with E-state index in [4.69, 9.17) is 10.5 Å². The maximum absolute atomic E-state index is 5.55. The van der Waals surface area contributed by atoms with Crippen LogP contribution in [-0.2, 0) is 13.0 Å². The number of ether oxygens (including phenoxy) is 1. The lowest BCUT2D eigenvalue weighted by molar-refractivity contribution is 0.410. The molecule has 0 radical (unpaired) electrons. The largest absolute Gasteiger partial charge is 0.496 e. The van der Waals surface area contributed by atoms with Crippen LogP contribution in [0, 0.1) is 0 Å². The molecule has 0 aliphatic rings. The first-order valence-electron chi connectivity index (χ1n) is 5.45. The fourth-order valence-electron chi connectivity index (χ4n) is 1.70. The number of aromatic nitrogens is 2. The van der Waals surface area contributed by atoms with Gasteiger partial charge in [0.1, 0.15) is 12.1 Å². The fraction of sp³-hybridized carbons (Fsp3) is 0.231. The van der Waals surface area contributed by atoms with Gasteiger partial charge in [0.25, 0.3) is 0 Å². The zero-order valence-corrected chi connectivity index (χ0v) is 9.76. The molecule has 2 N–H and O–H groups in total. The van der Waals surface area contributed by atoms with Crippen LogP contribution < -0.4 is 10.5 Å². The molecule has 0 spiro atoms. The molecule has 88 valence electrons. The Morgan fingerprint density at radius 1 is 1.18 bits per heavy atom. The summed E-state index contributed by atoms with van der Waals surface area (Å²) >= 11 is 0. The Labute approximate surface area is 100 Å². The van der Waals surface area contributed by atoms with E-state index in [9.17, 15) is 0 Å². The van der Waals surface area contributed by atoms with Gasteiger partial charge in [-0.15, -0.1) is 0 Å². The van der Waals surface area contributed by atoms with Crippen LogP contribution in [0.2, 0.25) is 0 Å². The molecule has 0 saturated carbocycles. The summed E-state index contributed by atoms with van der Waals surface area (Å²) in [5.74, 6) is 0.875. The summed E-state index contributed by atoms with van der Waals surface area (Å²) in [5.41, 5.74) is 8.46. The van der Waals surface area contributed by atoms with Crippen molar-refractivity contribution in [2.75, 3.05) is 7.11 Å². The van der Waals surface area contributed by atoms with Gasteiger partial charge in [0.05, 0.1) is 12.8 Å². The predicted molar refractivity (Wildman–Crippen MR) is 65.7 cm³/mol. The minimum atomic E-state index is 0.432. The molecule has 2 rings (SSSR count). The maximum Gasteiger partial charge on any atom is 0.122 e. The molecule has 0 aliphatic carbocycles. The number of hydrogen-bond donors (Lipinski definition) is 1. The minimum absolute atomic E-state index is 0.432. The van der Waals surface area contributed by atoms with E-state index in [1.165, 1.54) is 0 Å². The van der Waals surface area contributed by atoms with Gasteiger partial charge >= 0.3 is 0 Å². The highest BCUT2D eigenvalue weighted by molar-refractivity contribution is 5.36. The highest BCUT2D eigenvalue weighted by Gasteiger charge is 2.04. The smallest absolute Gasteiger partial charge is 0.122 e. The Morgan fingerprint density at radius 3 is 2.71 bits per heavy atom. The summed E-state index contributed by atoms with van der Waals surface area (Å²) in [7, 11) is 1.67. The molecule has 1 heterocycles. The van der Waals surface area contributed by atoms with E-state index in [1.54, 1.807) is 13.4 Å². The molecule has 1 aromatic carbocycles. The number of nitrogens with zero attached hydrogens (tertiary/aromatic N) is 2. The topological polar surface area (TPSA) is 61.0 Å². The van der Waals surface area contributed by atoms with E-state index in [-0.39, 0.29) is 0 Å². The quantitative estimate of drug-likeness (QED) is 0.863. The van der Waals surface area contributed by atoms with Crippen LogP contribution in [0.3, 0.4) is 0 Å². The molecule has 0 bridgehead atoms. The summed E-state index contributed by atoms with van der Waals surface area (Å²) in [4.78, 5) is 8.31. The van der Waals surface area contributed by atoms with Gasteiger partial charge in [0.15, 0.2) is 0 Å². The first kappa shape index (κ1) is 11.5. The van der Waals surface area contributed by atoms with Gasteiger partial charge in [-0.2, -0.15) is 0 Å². The summed E-state index contributed by atoms with van der Waals surface area (Å²) in [5, 5.41) is 0. The number of rotatable bonds is 4. The van der Waals surface area contributed by atoms with E-state index in [0.29, 0.717) is 6.54 Å². The van der Waals surface area contributed by atoms with Gasteiger partial charge in [-0.25, -0.2) is 9.97 Å². The van der Waals surface area contributed by atoms with Crippen molar-refractivity contribution >= 4 is 0 Å². The van der Waals surface area contributed by atoms with Gasteiger partial charge in [-0.05, 0) is 12.1 Å². The second kappa shape index (κ2) is 5.41. The van der Waals surface area contributed by atoms with Crippen molar-refractivity contribution in [3.05, 3.63) is 53.6 Å². The Morgan fingerprint density at radius 2 is 1.94 bits per heavy atom. The van der Waals surface area contributed by atoms with Gasteiger partial charge in [0, 0.05) is 24.2 Å². The molecule has 2 aromatic rings. The van der Waals surface area contributed by atoms with E-state index < -0.39 is 0 Å². The fourth-order valence-corrected chi connectivity index (χ4v) is 1.70. The molecule has 0 amide bonds. The molecule has 1 aromatic heterocycles. The molecular formula is C13H15N3O. The summed E-state index contributed by atoms with van der Waals surface area (Å²) in [6, 6.07) is 9.84. The van der Waals surface area contributed by atoms with Gasteiger partial charge < -0.3 is 10.5 Å². The molecule has 4 nitrogen and oxygen atoms in total. The molecule has 4 heteroatoms.